The minimum absolute atomic E-state index is 0.0477. The number of likely N-dealkylation sites (N-methyl/N-ethyl adjacent to an activating group) is 1. The fraction of sp³-hybridized carbons (Fsp3) is 0.333. The Hall–Kier alpha value is -1.20. The van der Waals surface area contributed by atoms with Crippen molar-refractivity contribution in [3.8, 4) is 0 Å². The van der Waals surface area contributed by atoms with Crippen molar-refractivity contribution in [1.29, 1.82) is 0 Å². The lowest BCUT2D eigenvalue weighted by Gasteiger charge is -2.03. The summed E-state index contributed by atoms with van der Waals surface area (Å²) in [5.74, 6) is 0. The van der Waals surface area contributed by atoms with E-state index in [1.54, 1.807) is 10.9 Å². The Balaban J connectivity index is 2.46. The lowest BCUT2D eigenvalue weighted by atomic mass is 10.4. The van der Waals surface area contributed by atoms with Crippen molar-refractivity contribution < 1.29 is 0 Å². The molecule has 0 unspecified atom stereocenters. The molecule has 0 atom stereocenters. The van der Waals surface area contributed by atoms with Crippen molar-refractivity contribution in [2.24, 2.45) is 0 Å². The molecule has 1 N–H and O–H groups in total. The van der Waals surface area contributed by atoms with Crippen molar-refractivity contribution in [2.75, 3.05) is 13.6 Å². The summed E-state index contributed by atoms with van der Waals surface area (Å²) < 4.78 is 1.63. The molecule has 0 saturated heterocycles. The molecule has 2 rings (SSSR count). The molecule has 14 heavy (non-hydrogen) atoms. The van der Waals surface area contributed by atoms with Gasteiger partial charge in [-0.1, -0.05) is 0 Å². The summed E-state index contributed by atoms with van der Waals surface area (Å²) in [4.78, 5) is 16.8. The molecule has 0 aliphatic heterocycles. The fourth-order valence-electron chi connectivity index (χ4n) is 1.28. The average Bonchev–Trinajstić information content (AvgIpc) is 2.66. The molecule has 2 heterocycles. The van der Waals surface area contributed by atoms with E-state index in [4.69, 9.17) is 0 Å². The summed E-state index contributed by atoms with van der Waals surface area (Å²) in [6.07, 6.45) is 1.61. The minimum Gasteiger partial charge on any atom is -0.318 e. The van der Waals surface area contributed by atoms with E-state index in [-0.39, 0.29) is 5.56 Å². The Morgan fingerprint density at radius 2 is 2.50 bits per heavy atom. The largest absolute Gasteiger partial charge is 0.318 e. The molecule has 5 heteroatoms. The van der Waals surface area contributed by atoms with Gasteiger partial charge in [-0.25, -0.2) is 4.98 Å². The van der Waals surface area contributed by atoms with Crippen molar-refractivity contribution in [3.05, 3.63) is 28.1 Å². The first-order chi connectivity index (χ1) is 6.83. The Morgan fingerprint density at radius 3 is 3.29 bits per heavy atom. The Kier molecular flexibility index (Phi) is 2.60. The van der Waals surface area contributed by atoms with Gasteiger partial charge in [-0.2, -0.15) is 0 Å². The van der Waals surface area contributed by atoms with Gasteiger partial charge in [-0.05, 0) is 18.5 Å². The van der Waals surface area contributed by atoms with Gasteiger partial charge in [0.25, 0.3) is 5.56 Å². The first kappa shape index (κ1) is 9.36. The van der Waals surface area contributed by atoms with Crippen LogP contribution in [0.1, 0.15) is 0 Å². The molecular formula is C9H11N3OS. The highest BCUT2D eigenvalue weighted by Crippen LogP contribution is 2.12. The summed E-state index contributed by atoms with van der Waals surface area (Å²) in [7, 11) is 1.86. The molecule has 0 spiro atoms. The number of rotatable bonds is 3. The quantitative estimate of drug-likeness (QED) is 0.808. The molecule has 0 fully saturated rings. The van der Waals surface area contributed by atoms with Crippen molar-refractivity contribution in [1.82, 2.24) is 14.9 Å². The van der Waals surface area contributed by atoms with Gasteiger partial charge in [0.1, 0.15) is 4.83 Å². The molecule has 0 aliphatic carbocycles. The number of nitrogens with one attached hydrogen (secondary N) is 1. The van der Waals surface area contributed by atoms with Gasteiger partial charge in [0.15, 0.2) is 0 Å². The van der Waals surface area contributed by atoms with Crippen LogP contribution >= 0.6 is 11.3 Å². The molecule has 4 nitrogen and oxygen atoms in total. The zero-order chi connectivity index (χ0) is 9.97. The van der Waals surface area contributed by atoms with Gasteiger partial charge >= 0.3 is 0 Å². The normalized spacial score (nSPS) is 10.9. The molecule has 0 radical (unpaired) electrons. The van der Waals surface area contributed by atoms with Crippen LogP contribution in [-0.2, 0) is 6.54 Å². The first-order valence-corrected chi connectivity index (χ1v) is 5.28. The highest BCUT2D eigenvalue weighted by atomic mass is 32.1. The minimum atomic E-state index is 0.0477. The second-order valence-corrected chi connectivity index (χ2v) is 3.88. The highest BCUT2D eigenvalue weighted by molar-refractivity contribution is 7.16. The topological polar surface area (TPSA) is 46.9 Å². The van der Waals surface area contributed by atoms with Gasteiger partial charge < -0.3 is 5.32 Å². The zero-order valence-electron chi connectivity index (χ0n) is 7.86. The number of hydrogen-bond donors (Lipinski definition) is 1. The maximum atomic E-state index is 11.8. The van der Waals surface area contributed by atoms with Crippen LogP contribution in [0, 0.1) is 0 Å². The summed E-state index contributed by atoms with van der Waals surface area (Å²) >= 11 is 1.49. The molecular weight excluding hydrogens is 198 g/mol. The second-order valence-electron chi connectivity index (χ2n) is 2.99. The Bertz CT molecular complexity index is 488. The predicted octanol–water partition coefficient (Wildman–Crippen LogP) is 0.677. The van der Waals surface area contributed by atoms with Crippen molar-refractivity contribution >= 4 is 21.6 Å². The number of aromatic nitrogens is 2. The highest BCUT2D eigenvalue weighted by Gasteiger charge is 2.03. The van der Waals surface area contributed by atoms with Crippen LogP contribution in [0.4, 0.5) is 0 Å². The molecule has 0 aliphatic rings. The summed E-state index contributed by atoms with van der Waals surface area (Å²) in [5.41, 5.74) is 0.0477. The zero-order valence-corrected chi connectivity index (χ0v) is 8.67. The smallest absolute Gasteiger partial charge is 0.262 e. The molecule has 0 bridgehead atoms. The number of hydrogen-bond acceptors (Lipinski definition) is 4. The third-order valence-electron chi connectivity index (χ3n) is 2.05. The predicted molar refractivity (Wildman–Crippen MR) is 57.8 cm³/mol. The van der Waals surface area contributed by atoms with Crippen LogP contribution in [0.15, 0.2) is 22.6 Å². The van der Waals surface area contributed by atoms with Crippen LogP contribution in [0.25, 0.3) is 10.2 Å². The van der Waals surface area contributed by atoms with E-state index < -0.39 is 0 Å². The molecule has 0 aromatic carbocycles. The molecule has 74 valence electrons. The number of nitrogens with zero attached hydrogens (tertiary/aromatic N) is 2. The van der Waals surface area contributed by atoms with Gasteiger partial charge in [0, 0.05) is 13.1 Å². The van der Waals surface area contributed by atoms with Gasteiger partial charge in [-0.3, -0.25) is 9.36 Å². The van der Waals surface area contributed by atoms with Gasteiger partial charge in [-0.15, -0.1) is 11.3 Å². The van der Waals surface area contributed by atoms with E-state index in [1.165, 1.54) is 11.3 Å². The molecule has 0 saturated carbocycles. The summed E-state index contributed by atoms with van der Waals surface area (Å²) in [6.45, 7) is 1.44. The molecule has 2 aromatic rings. The number of fused-ring (bicyclic) bond motifs is 1. The van der Waals surface area contributed by atoms with E-state index in [9.17, 15) is 4.79 Å². The van der Waals surface area contributed by atoms with Gasteiger partial charge in [0.05, 0.1) is 11.7 Å². The van der Waals surface area contributed by atoms with Crippen molar-refractivity contribution in [3.63, 3.8) is 0 Å². The molecule has 0 amide bonds. The summed E-state index contributed by atoms with van der Waals surface area (Å²) in [6, 6.07) is 1.82. The van der Waals surface area contributed by atoms with Crippen molar-refractivity contribution in [2.45, 2.75) is 6.54 Å². The maximum Gasteiger partial charge on any atom is 0.262 e. The standard InChI is InChI=1S/C9H11N3OS/c1-10-3-4-12-6-11-8-7(9(12)13)2-5-14-8/h2,5-6,10H,3-4H2,1H3. The van der Waals surface area contributed by atoms with Crippen LogP contribution in [0.5, 0.6) is 0 Å². The van der Waals surface area contributed by atoms with E-state index >= 15 is 0 Å². The second kappa shape index (κ2) is 3.89. The lowest BCUT2D eigenvalue weighted by molar-refractivity contribution is 0.622. The van der Waals surface area contributed by atoms with E-state index in [2.05, 4.69) is 10.3 Å². The number of thiophene rings is 1. The van der Waals surface area contributed by atoms with Crippen LogP contribution in [0.2, 0.25) is 0 Å². The van der Waals surface area contributed by atoms with Gasteiger partial charge in [0.2, 0.25) is 0 Å². The van der Waals surface area contributed by atoms with E-state index in [0.717, 1.165) is 11.4 Å². The fourth-order valence-corrected chi connectivity index (χ4v) is 2.01. The van der Waals surface area contributed by atoms with E-state index in [0.29, 0.717) is 11.9 Å². The lowest BCUT2D eigenvalue weighted by Crippen LogP contribution is -2.25. The molecule has 2 aromatic heterocycles. The SMILES string of the molecule is CNCCn1cnc2sccc2c1=O. The Labute approximate surface area is 85.2 Å². The monoisotopic (exact) mass is 209 g/mol. The average molecular weight is 209 g/mol. The first-order valence-electron chi connectivity index (χ1n) is 4.40. The van der Waals surface area contributed by atoms with Crippen LogP contribution in [0.3, 0.4) is 0 Å². The summed E-state index contributed by atoms with van der Waals surface area (Å²) in [5, 5.41) is 5.61. The van der Waals surface area contributed by atoms with Crippen LogP contribution < -0.4 is 10.9 Å². The maximum absolute atomic E-state index is 11.8. The Morgan fingerprint density at radius 1 is 1.64 bits per heavy atom. The third-order valence-corrected chi connectivity index (χ3v) is 2.87. The third kappa shape index (κ3) is 1.56. The van der Waals surface area contributed by atoms with E-state index in [1.807, 2.05) is 18.5 Å². The van der Waals surface area contributed by atoms with Crippen LogP contribution in [-0.4, -0.2) is 23.1 Å².